The zero-order valence-corrected chi connectivity index (χ0v) is 20.9. The number of hydrogen-bond acceptors (Lipinski definition) is 5. The van der Waals surface area contributed by atoms with Gasteiger partial charge in [-0.15, -0.1) is 0 Å². The summed E-state index contributed by atoms with van der Waals surface area (Å²) in [7, 11) is -2.24. The van der Waals surface area contributed by atoms with Gasteiger partial charge in [-0.1, -0.05) is 19.3 Å². The van der Waals surface area contributed by atoms with Crippen molar-refractivity contribution in [1.82, 2.24) is 10.2 Å². The van der Waals surface area contributed by atoms with E-state index in [2.05, 4.69) is 10.0 Å². The summed E-state index contributed by atoms with van der Waals surface area (Å²) in [6.45, 7) is 1.07. The summed E-state index contributed by atoms with van der Waals surface area (Å²) in [5.74, 6) is 0.537. The number of sulfonamides is 1. The first-order valence-corrected chi connectivity index (χ1v) is 13.7. The Morgan fingerprint density at radius 1 is 0.886 bits per heavy atom. The van der Waals surface area contributed by atoms with Crippen LogP contribution in [0.15, 0.2) is 53.4 Å². The summed E-state index contributed by atoms with van der Waals surface area (Å²) in [6, 6.07) is 12.8. The van der Waals surface area contributed by atoms with Gasteiger partial charge >= 0.3 is 0 Å². The van der Waals surface area contributed by atoms with Crippen molar-refractivity contribution in [2.24, 2.45) is 5.92 Å². The fourth-order valence-electron chi connectivity index (χ4n) is 4.74. The van der Waals surface area contributed by atoms with E-state index in [9.17, 15) is 18.0 Å². The predicted molar refractivity (Wildman–Crippen MR) is 134 cm³/mol. The van der Waals surface area contributed by atoms with Crippen LogP contribution in [0.4, 0.5) is 5.69 Å². The quantitative estimate of drug-likeness (QED) is 0.603. The molecular formula is C26H33N3O5S. The monoisotopic (exact) mass is 499 g/mol. The highest BCUT2D eigenvalue weighted by Gasteiger charge is 2.29. The van der Waals surface area contributed by atoms with E-state index < -0.39 is 10.0 Å². The van der Waals surface area contributed by atoms with E-state index in [0.717, 1.165) is 12.8 Å². The Morgan fingerprint density at radius 3 is 2.11 bits per heavy atom. The van der Waals surface area contributed by atoms with Crippen LogP contribution in [0.1, 0.15) is 55.3 Å². The number of nitrogens with one attached hydrogen (secondary N) is 2. The molecule has 0 atom stereocenters. The molecule has 8 nitrogen and oxygen atoms in total. The van der Waals surface area contributed by atoms with Crippen LogP contribution in [0.5, 0.6) is 5.75 Å². The van der Waals surface area contributed by atoms with E-state index in [1.54, 1.807) is 41.3 Å². The van der Waals surface area contributed by atoms with Gasteiger partial charge in [-0.25, -0.2) is 8.42 Å². The molecular weight excluding hydrogens is 466 g/mol. The van der Waals surface area contributed by atoms with Gasteiger partial charge in [0.2, 0.25) is 5.91 Å². The van der Waals surface area contributed by atoms with Gasteiger partial charge in [0, 0.05) is 36.3 Å². The molecule has 1 aliphatic heterocycles. The molecule has 2 amide bonds. The van der Waals surface area contributed by atoms with Crippen molar-refractivity contribution in [3.8, 4) is 5.75 Å². The van der Waals surface area contributed by atoms with Crippen LogP contribution in [0.3, 0.4) is 0 Å². The number of anilines is 1. The van der Waals surface area contributed by atoms with Gasteiger partial charge in [-0.2, -0.15) is 0 Å². The molecule has 2 aromatic rings. The van der Waals surface area contributed by atoms with Crippen molar-refractivity contribution >= 4 is 27.5 Å². The molecule has 35 heavy (non-hydrogen) atoms. The van der Waals surface area contributed by atoms with Crippen LogP contribution in [-0.2, 0) is 14.8 Å². The van der Waals surface area contributed by atoms with Crippen molar-refractivity contribution in [3.05, 3.63) is 54.1 Å². The fraction of sp³-hybridized carbons (Fsp3) is 0.462. The van der Waals surface area contributed by atoms with E-state index in [0.29, 0.717) is 49.0 Å². The van der Waals surface area contributed by atoms with E-state index in [-0.39, 0.29) is 22.6 Å². The number of hydrogen-bond donors (Lipinski definition) is 2. The Morgan fingerprint density at radius 2 is 1.51 bits per heavy atom. The number of methoxy groups -OCH3 is 1. The number of carbonyl (C=O) groups excluding carboxylic acids is 2. The number of likely N-dealkylation sites (tertiary alicyclic amines) is 1. The van der Waals surface area contributed by atoms with Gasteiger partial charge in [-0.05, 0) is 74.2 Å². The Hall–Kier alpha value is -3.07. The highest BCUT2D eigenvalue weighted by Crippen LogP contribution is 2.23. The van der Waals surface area contributed by atoms with Crippen LogP contribution < -0.4 is 14.8 Å². The van der Waals surface area contributed by atoms with Crippen LogP contribution in [-0.4, -0.2) is 51.4 Å². The average Bonchev–Trinajstić information content (AvgIpc) is 2.89. The van der Waals surface area contributed by atoms with Crippen LogP contribution in [0, 0.1) is 5.92 Å². The molecule has 2 N–H and O–H groups in total. The van der Waals surface area contributed by atoms with Crippen molar-refractivity contribution in [2.45, 2.75) is 55.9 Å². The third-order valence-electron chi connectivity index (χ3n) is 6.86. The fourth-order valence-corrected chi connectivity index (χ4v) is 5.80. The summed E-state index contributed by atoms with van der Waals surface area (Å²) in [5, 5.41) is 3.20. The minimum Gasteiger partial charge on any atom is -0.497 e. The third-order valence-corrected chi connectivity index (χ3v) is 8.26. The van der Waals surface area contributed by atoms with Crippen molar-refractivity contribution < 1.29 is 22.7 Å². The molecule has 0 spiro atoms. The minimum absolute atomic E-state index is 0.0456. The number of amides is 2. The van der Waals surface area contributed by atoms with Crippen molar-refractivity contribution in [3.63, 3.8) is 0 Å². The maximum atomic E-state index is 12.9. The molecule has 1 saturated heterocycles. The Kier molecular flexibility index (Phi) is 7.95. The highest BCUT2D eigenvalue weighted by atomic mass is 32.2. The first kappa shape index (κ1) is 25.0. The molecule has 1 saturated carbocycles. The summed E-state index contributed by atoms with van der Waals surface area (Å²) in [4.78, 5) is 27.5. The number of benzene rings is 2. The third kappa shape index (κ3) is 6.33. The first-order valence-electron chi connectivity index (χ1n) is 12.2. The summed E-state index contributed by atoms with van der Waals surface area (Å²) in [6.07, 6.45) is 7.06. The molecule has 0 unspecified atom stereocenters. The average molecular weight is 500 g/mol. The Bertz CT molecular complexity index is 1120. The van der Waals surface area contributed by atoms with Crippen LogP contribution in [0.2, 0.25) is 0 Å². The second-order valence-corrected chi connectivity index (χ2v) is 11.0. The standard InChI is InChI=1S/C26H33N3O5S/c1-34-23-11-13-24(14-12-23)35(32,33)28-22-9-7-20(8-10-22)26(31)29-17-15-19(16-18-29)25(30)27-21-5-3-2-4-6-21/h7-14,19,21,28H,2-6,15-18H2,1H3,(H,27,30). The number of rotatable bonds is 7. The number of carbonyl (C=O) groups is 2. The summed E-state index contributed by atoms with van der Waals surface area (Å²) < 4.78 is 32.8. The number of nitrogens with zero attached hydrogens (tertiary/aromatic N) is 1. The zero-order chi connectivity index (χ0) is 24.8. The van der Waals surface area contributed by atoms with Gasteiger partial charge in [0.05, 0.1) is 12.0 Å². The summed E-state index contributed by atoms with van der Waals surface area (Å²) >= 11 is 0. The van der Waals surface area contributed by atoms with Crippen LogP contribution >= 0.6 is 0 Å². The highest BCUT2D eigenvalue weighted by molar-refractivity contribution is 7.92. The van der Waals surface area contributed by atoms with Crippen molar-refractivity contribution in [1.29, 1.82) is 0 Å². The first-order chi connectivity index (χ1) is 16.9. The molecule has 2 aliphatic rings. The van der Waals surface area contributed by atoms with Crippen molar-refractivity contribution in [2.75, 3.05) is 24.9 Å². The maximum absolute atomic E-state index is 12.9. The lowest BCUT2D eigenvalue weighted by molar-refractivity contribution is -0.127. The second kappa shape index (κ2) is 11.1. The lowest BCUT2D eigenvalue weighted by Gasteiger charge is -2.33. The maximum Gasteiger partial charge on any atom is 0.261 e. The van der Waals surface area contributed by atoms with Crippen LogP contribution in [0.25, 0.3) is 0 Å². The lowest BCUT2D eigenvalue weighted by atomic mass is 9.92. The normalized spacial score (nSPS) is 17.6. The molecule has 1 aliphatic carbocycles. The topological polar surface area (TPSA) is 105 Å². The van der Waals surface area contributed by atoms with E-state index >= 15 is 0 Å². The number of piperidine rings is 1. The smallest absolute Gasteiger partial charge is 0.261 e. The van der Waals surface area contributed by atoms with E-state index in [1.165, 1.54) is 38.5 Å². The van der Waals surface area contributed by atoms with Gasteiger partial charge in [0.25, 0.3) is 15.9 Å². The molecule has 1 heterocycles. The Balaban J connectivity index is 1.29. The molecule has 0 aromatic heterocycles. The second-order valence-electron chi connectivity index (χ2n) is 9.27. The molecule has 2 fully saturated rings. The summed E-state index contributed by atoms with van der Waals surface area (Å²) in [5.41, 5.74) is 0.859. The molecule has 2 aromatic carbocycles. The SMILES string of the molecule is COc1ccc(S(=O)(=O)Nc2ccc(C(=O)N3CCC(C(=O)NC4CCCCC4)CC3)cc2)cc1. The van der Waals surface area contributed by atoms with Gasteiger partial charge in [0.15, 0.2) is 0 Å². The molecule has 9 heteroatoms. The van der Waals surface area contributed by atoms with E-state index in [1.807, 2.05) is 0 Å². The predicted octanol–water partition coefficient (Wildman–Crippen LogP) is 3.80. The molecule has 0 bridgehead atoms. The molecule has 188 valence electrons. The lowest BCUT2D eigenvalue weighted by Crippen LogP contribution is -2.45. The van der Waals surface area contributed by atoms with Gasteiger partial charge in [-0.3, -0.25) is 14.3 Å². The molecule has 0 radical (unpaired) electrons. The minimum atomic E-state index is -3.76. The number of ether oxygens (including phenoxy) is 1. The molecule has 4 rings (SSSR count). The van der Waals surface area contributed by atoms with Gasteiger partial charge < -0.3 is 15.0 Å². The largest absolute Gasteiger partial charge is 0.497 e. The zero-order valence-electron chi connectivity index (χ0n) is 20.0. The van der Waals surface area contributed by atoms with E-state index in [4.69, 9.17) is 4.74 Å². The van der Waals surface area contributed by atoms with Gasteiger partial charge in [0.1, 0.15) is 5.75 Å². The Labute approximate surface area is 207 Å².